The van der Waals surface area contributed by atoms with Crippen LogP contribution in [0.4, 0.5) is 11.4 Å². The highest BCUT2D eigenvalue weighted by Crippen LogP contribution is 2.41. The topological polar surface area (TPSA) is 74.7 Å². The van der Waals surface area contributed by atoms with E-state index in [0.29, 0.717) is 18.1 Å². The van der Waals surface area contributed by atoms with Crippen LogP contribution >= 0.6 is 12.2 Å². The summed E-state index contributed by atoms with van der Waals surface area (Å²) < 4.78 is 7.82. The van der Waals surface area contributed by atoms with E-state index in [0.717, 1.165) is 60.3 Å². The Labute approximate surface area is 252 Å². The summed E-state index contributed by atoms with van der Waals surface area (Å²) in [6.45, 7) is 8.13. The molecule has 4 aromatic rings. The van der Waals surface area contributed by atoms with Crippen molar-refractivity contribution in [2.75, 3.05) is 43.1 Å². The Morgan fingerprint density at radius 3 is 2.43 bits per heavy atom. The van der Waals surface area contributed by atoms with E-state index < -0.39 is 0 Å². The molecule has 8 nitrogen and oxygen atoms in total. The van der Waals surface area contributed by atoms with Crippen molar-refractivity contribution in [1.29, 1.82) is 0 Å². The summed E-state index contributed by atoms with van der Waals surface area (Å²) in [7, 11) is 0. The number of carbonyl (C=O) groups is 1. The van der Waals surface area contributed by atoms with Crippen LogP contribution in [0.2, 0.25) is 0 Å². The predicted molar refractivity (Wildman–Crippen MR) is 170 cm³/mol. The fourth-order valence-electron chi connectivity index (χ4n) is 6.07. The largest absolute Gasteiger partial charge is 0.378 e. The second kappa shape index (κ2) is 12.3. The van der Waals surface area contributed by atoms with Gasteiger partial charge in [0.05, 0.1) is 31.0 Å². The van der Waals surface area contributed by atoms with E-state index in [2.05, 4.69) is 74.2 Å². The number of ether oxygens (including phenoxy) is 1. The Kier molecular flexibility index (Phi) is 8.21. The van der Waals surface area contributed by atoms with Crippen molar-refractivity contribution in [3.63, 3.8) is 0 Å². The molecule has 2 saturated heterocycles. The Bertz CT molecular complexity index is 1530. The number of aryl methyl sites for hydroxylation is 1. The fraction of sp³-hybridized carbons (Fsp3) is 0.303. The fourth-order valence-corrected chi connectivity index (χ4v) is 6.40. The molecule has 9 heteroatoms. The summed E-state index contributed by atoms with van der Waals surface area (Å²) in [5.74, 6) is -0.0464. The molecule has 2 aromatic heterocycles. The quantitative estimate of drug-likeness (QED) is 0.273. The molecule has 0 saturated carbocycles. The maximum absolute atomic E-state index is 12.9. The lowest BCUT2D eigenvalue weighted by atomic mass is 9.96. The first-order valence-electron chi connectivity index (χ1n) is 14.4. The molecule has 2 aromatic carbocycles. The van der Waals surface area contributed by atoms with Crippen LogP contribution in [0.3, 0.4) is 0 Å². The zero-order valence-corrected chi connectivity index (χ0v) is 24.8. The van der Waals surface area contributed by atoms with Crippen LogP contribution in [-0.2, 0) is 9.53 Å². The first-order chi connectivity index (χ1) is 20.5. The number of aromatic nitrogens is 2. The monoisotopic (exact) mass is 580 g/mol. The Hall–Kier alpha value is -4.21. The van der Waals surface area contributed by atoms with E-state index in [1.54, 1.807) is 0 Å². The average Bonchev–Trinajstić information content (AvgIpc) is 3.51. The van der Waals surface area contributed by atoms with Crippen molar-refractivity contribution in [3.05, 3.63) is 108 Å². The molecule has 0 aliphatic carbocycles. The number of thiocarbonyl (C=S) groups is 1. The van der Waals surface area contributed by atoms with Gasteiger partial charge >= 0.3 is 0 Å². The summed E-state index contributed by atoms with van der Waals surface area (Å²) >= 11 is 5.86. The molecule has 0 spiro atoms. The van der Waals surface area contributed by atoms with E-state index in [9.17, 15) is 4.79 Å². The normalized spacial score (nSPS) is 18.7. The first kappa shape index (κ1) is 27.9. The maximum atomic E-state index is 12.9. The van der Waals surface area contributed by atoms with Gasteiger partial charge in [-0.05, 0) is 86.2 Å². The highest BCUT2D eigenvalue weighted by atomic mass is 32.1. The minimum Gasteiger partial charge on any atom is -0.378 e. The molecule has 2 aliphatic rings. The second-order valence-electron chi connectivity index (χ2n) is 10.8. The van der Waals surface area contributed by atoms with Gasteiger partial charge in [-0.1, -0.05) is 24.3 Å². The lowest BCUT2D eigenvalue weighted by Crippen LogP contribution is -2.36. The van der Waals surface area contributed by atoms with Crippen LogP contribution < -0.4 is 15.5 Å². The molecule has 0 bridgehead atoms. The van der Waals surface area contributed by atoms with Crippen LogP contribution in [0.5, 0.6) is 0 Å². The van der Waals surface area contributed by atoms with Gasteiger partial charge in [-0.15, -0.1) is 0 Å². The van der Waals surface area contributed by atoms with Crippen molar-refractivity contribution in [2.24, 2.45) is 0 Å². The maximum Gasteiger partial charge on any atom is 0.226 e. The molecule has 2 N–H and O–H groups in total. The Morgan fingerprint density at radius 2 is 1.71 bits per heavy atom. The highest BCUT2D eigenvalue weighted by Gasteiger charge is 2.41. The lowest BCUT2D eigenvalue weighted by molar-refractivity contribution is -0.116. The number of para-hydroxylation sites is 1. The van der Waals surface area contributed by atoms with Crippen LogP contribution in [0.25, 0.3) is 5.69 Å². The van der Waals surface area contributed by atoms with Crippen molar-refractivity contribution in [1.82, 2.24) is 19.8 Å². The molecule has 42 heavy (non-hydrogen) atoms. The number of nitrogens with one attached hydrogen (secondary N) is 2. The zero-order chi connectivity index (χ0) is 29.1. The van der Waals surface area contributed by atoms with Gasteiger partial charge in [0.2, 0.25) is 5.91 Å². The third-order valence-electron chi connectivity index (χ3n) is 8.11. The standard InChI is InChI=1S/C33H36N6O2S/c1-23-22-28(24(2)39(23)27-13-11-26(12-14-27)37-18-20-41-21-19-37)32-31(29-10-6-7-16-34-29)36-33(42)38(32)17-15-30(40)35-25-8-4-3-5-9-25/h3-14,16,22,31-32H,15,17-21H2,1-2H3,(H,35,40)(H,36,42)/t31-,32+/m1/s1. The molecule has 2 fully saturated rings. The number of anilines is 2. The van der Waals surface area contributed by atoms with E-state index in [1.165, 1.54) is 5.69 Å². The molecule has 2 aliphatic heterocycles. The van der Waals surface area contributed by atoms with Crippen LogP contribution in [-0.4, -0.2) is 58.3 Å². The van der Waals surface area contributed by atoms with Gasteiger partial charge in [0, 0.05) is 60.7 Å². The minimum atomic E-state index is -0.145. The predicted octanol–water partition coefficient (Wildman–Crippen LogP) is 5.33. The van der Waals surface area contributed by atoms with Crippen molar-refractivity contribution < 1.29 is 9.53 Å². The first-order valence-corrected chi connectivity index (χ1v) is 14.9. The molecule has 0 radical (unpaired) electrons. The second-order valence-corrected chi connectivity index (χ2v) is 11.1. The van der Waals surface area contributed by atoms with Crippen molar-refractivity contribution >= 4 is 34.6 Å². The summed E-state index contributed by atoms with van der Waals surface area (Å²) in [5, 5.41) is 7.14. The van der Waals surface area contributed by atoms with Crippen molar-refractivity contribution in [3.8, 4) is 5.69 Å². The van der Waals surface area contributed by atoms with Gasteiger partial charge in [0.25, 0.3) is 0 Å². The van der Waals surface area contributed by atoms with Gasteiger partial charge in [0.1, 0.15) is 0 Å². The van der Waals surface area contributed by atoms with E-state index in [1.807, 2.05) is 54.7 Å². The van der Waals surface area contributed by atoms with Crippen LogP contribution in [0.1, 0.15) is 41.1 Å². The third kappa shape index (κ3) is 5.75. The average molecular weight is 581 g/mol. The number of nitrogens with zero attached hydrogens (tertiary/aromatic N) is 4. The highest BCUT2D eigenvalue weighted by molar-refractivity contribution is 7.80. The molecular weight excluding hydrogens is 544 g/mol. The minimum absolute atomic E-state index is 0.0464. The lowest BCUT2D eigenvalue weighted by Gasteiger charge is -2.29. The number of rotatable bonds is 8. The van der Waals surface area contributed by atoms with E-state index in [-0.39, 0.29) is 18.0 Å². The number of morpholine rings is 1. The summed E-state index contributed by atoms with van der Waals surface area (Å²) in [6, 6.07) is 26.2. The molecule has 2 atom stereocenters. The summed E-state index contributed by atoms with van der Waals surface area (Å²) in [4.78, 5) is 22.1. The van der Waals surface area contributed by atoms with Gasteiger partial charge in [-0.3, -0.25) is 9.78 Å². The van der Waals surface area contributed by atoms with E-state index in [4.69, 9.17) is 17.0 Å². The number of hydrogen-bond acceptors (Lipinski definition) is 5. The van der Waals surface area contributed by atoms with Gasteiger partial charge < -0.3 is 29.7 Å². The van der Waals surface area contributed by atoms with Crippen molar-refractivity contribution in [2.45, 2.75) is 32.4 Å². The number of pyridine rings is 1. The molecule has 0 unspecified atom stereocenters. The van der Waals surface area contributed by atoms with Gasteiger partial charge in [-0.25, -0.2) is 0 Å². The summed E-state index contributed by atoms with van der Waals surface area (Å²) in [5.41, 5.74) is 7.48. The molecule has 6 rings (SSSR count). The molecular formula is C33H36N6O2S. The Morgan fingerprint density at radius 1 is 1.00 bits per heavy atom. The summed E-state index contributed by atoms with van der Waals surface area (Å²) in [6.07, 6.45) is 2.12. The smallest absolute Gasteiger partial charge is 0.226 e. The third-order valence-corrected chi connectivity index (χ3v) is 8.46. The SMILES string of the molecule is Cc1cc([C@H]2[C@@H](c3ccccn3)NC(=S)N2CCC(=O)Nc2ccccc2)c(C)n1-c1ccc(N2CCOCC2)cc1. The number of benzene rings is 2. The van der Waals surface area contributed by atoms with Gasteiger partial charge in [0.15, 0.2) is 5.11 Å². The van der Waals surface area contributed by atoms with Gasteiger partial charge in [-0.2, -0.15) is 0 Å². The van der Waals surface area contributed by atoms with E-state index >= 15 is 0 Å². The van der Waals surface area contributed by atoms with Crippen LogP contribution in [0.15, 0.2) is 85.1 Å². The molecule has 1 amide bonds. The number of carbonyl (C=O) groups excluding carboxylic acids is 1. The Balaban J connectivity index is 1.29. The zero-order valence-electron chi connectivity index (χ0n) is 24.0. The number of hydrogen-bond donors (Lipinski definition) is 2. The number of amides is 1. The molecule has 216 valence electrons. The molecule has 4 heterocycles. The van der Waals surface area contributed by atoms with Crippen LogP contribution in [0, 0.1) is 13.8 Å².